The van der Waals surface area contributed by atoms with Crippen molar-refractivity contribution in [2.24, 2.45) is 0 Å². The van der Waals surface area contributed by atoms with Gasteiger partial charge in [-0.15, -0.1) is 0 Å². The first kappa shape index (κ1) is 21.0. The highest BCUT2D eigenvalue weighted by Gasteiger charge is 2.25. The summed E-state index contributed by atoms with van der Waals surface area (Å²) >= 11 is 3.21. The van der Waals surface area contributed by atoms with E-state index >= 15 is 0 Å². The first-order chi connectivity index (χ1) is 12.7. The number of non-ortho nitro benzene ring substituents is 1. The highest BCUT2D eigenvalue weighted by Crippen LogP contribution is 2.27. The lowest BCUT2D eigenvalue weighted by Gasteiger charge is -2.19. The van der Waals surface area contributed by atoms with E-state index in [0.717, 1.165) is 0 Å². The third kappa shape index (κ3) is 4.71. The molecule has 0 aliphatic heterocycles. The number of hydrogen-bond donors (Lipinski definition) is 0. The predicted octanol–water partition coefficient (Wildman–Crippen LogP) is 3.61. The summed E-state index contributed by atoms with van der Waals surface area (Å²) in [4.78, 5) is 22.4. The number of hydrogen-bond acceptors (Lipinski definition) is 6. The normalized spacial score (nSPS) is 11.4. The Labute approximate surface area is 165 Å². The maximum atomic E-state index is 12.7. The molecule has 0 aliphatic rings. The van der Waals surface area contributed by atoms with Crippen molar-refractivity contribution in [3.05, 3.63) is 62.6 Å². The van der Waals surface area contributed by atoms with Gasteiger partial charge in [-0.2, -0.15) is 4.31 Å². The number of nitro benzene ring substituents is 1. The van der Waals surface area contributed by atoms with Crippen LogP contribution >= 0.6 is 15.9 Å². The molecule has 27 heavy (non-hydrogen) atoms. The number of nitro groups is 1. The molecule has 2 aromatic carbocycles. The van der Waals surface area contributed by atoms with Gasteiger partial charge in [-0.1, -0.05) is 13.8 Å². The largest absolute Gasteiger partial charge is 0.423 e. The summed E-state index contributed by atoms with van der Waals surface area (Å²) < 4.78 is 32.2. The highest BCUT2D eigenvalue weighted by atomic mass is 79.9. The molecule has 10 heteroatoms. The molecule has 144 valence electrons. The topological polar surface area (TPSA) is 107 Å². The van der Waals surface area contributed by atoms with Crippen LogP contribution in [0.1, 0.15) is 24.2 Å². The minimum Gasteiger partial charge on any atom is -0.423 e. The molecule has 0 saturated heterocycles. The molecule has 0 radical (unpaired) electrons. The first-order valence-electron chi connectivity index (χ1n) is 7.97. The van der Waals surface area contributed by atoms with Crippen molar-refractivity contribution in [2.45, 2.75) is 18.7 Å². The van der Waals surface area contributed by atoms with Crippen molar-refractivity contribution < 1.29 is 22.9 Å². The second-order valence-electron chi connectivity index (χ2n) is 5.38. The zero-order valence-corrected chi connectivity index (χ0v) is 17.0. The lowest BCUT2D eigenvalue weighted by atomic mass is 10.2. The van der Waals surface area contributed by atoms with Crippen LogP contribution in [0, 0.1) is 10.1 Å². The molecule has 0 saturated carbocycles. The van der Waals surface area contributed by atoms with E-state index in [4.69, 9.17) is 4.74 Å². The summed E-state index contributed by atoms with van der Waals surface area (Å²) in [5.41, 5.74) is -0.0895. The molecule has 0 amide bonds. The molecule has 0 atom stereocenters. The third-order valence-corrected chi connectivity index (χ3v) is 6.79. The molecule has 0 unspecified atom stereocenters. The molecular formula is C17H17BrN2O6S. The van der Waals surface area contributed by atoms with Gasteiger partial charge in [0.2, 0.25) is 10.0 Å². The minimum atomic E-state index is -3.77. The van der Waals surface area contributed by atoms with E-state index < -0.39 is 20.9 Å². The summed E-state index contributed by atoms with van der Waals surface area (Å²) in [6, 6.07) is 9.14. The summed E-state index contributed by atoms with van der Waals surface area (Å²) in [7, 11) is -3.77. The van der Waals surface area contributed by atoms with E-state index in [1.54, 1.807) is 13.8 Å². The average Bonchev–Trinajstić information content (AvgIpc) is 2.63. The van der Waals surface area contributed by atoms with E-state index in [2.05, 4.69) is 15.9 Å². The number of halogens is 1. The second kappa shape index (κ2) is 8.59. The molecule has 0 N–H and O–H groups in total. The van der Waals surface area contributed by atoms with Crippen LogP contribution in [0.4, 0.5) is 5.69 Å². The molecule has 0 fully saturated rings. The number of sulfonamides is 1. The van der Waals surface area contributed by atoms with Crippen LogP contribution in [0.3, 0.4) is 0 Å². The van der Waals surface area contributed by atoms with E-state index in [-0.39, 0.29) is 21.9 Å². The van der Waals surface area contributed by atoms with Crippen LogP contribution in [0.2, 0.25) is 0 Å². The summed E-state index contributed by atoms with van der Waals surface area (Å²) in [6.45, 7) is 4.04. The Morgan fingerprint density at radius 3 is 2.26 bits per heavy atom. The summed E-state index contributed by atoms with van der Waals surface area (Å²) in [5.74, 6) is -0.658. The number of carbonyl (C=O) groups excluding carboxylic acids is 1. The fourth-order valence-corrected chi connectivity index (χ4v) is 4.74. The van der Waals surface area contributed by atoms with Crippen molar-refractivity contribution in [3.8, 4) is 5.75 Å². The van der Waals surface area contributed by atoms with E-state index in [1.165, 1.54) is 46.8 Å². The van der Waals surface area contributed by atoms with Gasteiger partial charge in [0.15, 0.2) is 0 Å². The Morgan fingerprint density at radius 2 is 1.74 bits per heavy atom. The summed E-state index contributed by atoms with van der Waals surface area (Å²) in [5, 5.41) is 10.7. The van der Waals surface area contributed by atoms with Crippen LogP contribution in [0.5, 0.6) is 5.75 Å². The van der Waals surface area contributed by atoms with Crippen LogP contribution in [0.25, 0.3) is 0 Å². The van der Waals surface area contributed by atoms with E-state index in [0.29, 0.717) is 17.6 Å². The minimum absolute atomic E-state index is 0.0376. The molecule has 0 heterocycles. The number of ether oxygens (including phenoxy) is 1. The predicted molar refractivity (Wildman–Crippen MR) is 102 cm³/mol. The monoisotopic (exact) mass is 456 g/mol. The van der Waals surface area contributed by atoms with Gasteiger partial charge >= 0.3 is 5.97 Å². The second-order valence-corrected chi connectivity index (χ2v) is 8.14. The van der Waals surface area contributed by atoms with Crippen molar-refractivity contribution >= 4 is 37.6 Å². The molecule has 0 bridgehead atoms. The van der Waals surface area contributed by atoms with Crippen LogP contribution in [-0.2, 0) is 10.0 Å². The zero-order chi connectivity index (χ0) is 20.2. The molecule has 2 rings (SSSR count). The number of benzene rings is 2. The van der Waals surface area contributed by atoms with Crippen molar-refractivity contribution in [2.75, 3.05) is 13.1 Å². The fraction of sp³-hybridized carbons (Fsp3) is 0.235. The molecule has 8 nitrogen and oxygen atoms in total. The number of nitrogens with zero attached hydrogens (tertiary/aromatic N) is 2. The molecule has 0 spiro atoms. The maximum absolute atomic E-state index is 12.7. The van der Waals surface area contributed by atoms with Crippen molar-refractivity contribution in [1.29, 1.82) is 0 Å². The average molecular weight is 457 g/mol. The Hall–Kier alpha value is -2.30. The quantitative estimate of drug-likeness (QED) is 0.272. The van der Waals surface area contributed by atoms with Gasteiger partial charge in [0, 0.05) is 29.7 Å². The van der Waals surface area contributed by atoms with Crippen LogP contribution in [0.15, 0.2) is 51.8 Å². The Bertz CT molecular complexity index is 956. The van der Waals surface area contributed by atoms with Gasteiger partial charge in [-0.3, -0.25) is 10.1 Å². The Morgan fingerprint density at radius 1 is 1.15 bits per heavy atom. The zero-order valence-electron chi connectivity index (χ0n) is 14.6. The highest BCUT2D eigenvalue weighted by molar-refractivity contribution is 9.10. The van der Waals surface area contributed by atoms with E-state index in [1.807, 2.05) is 0 Å². The maximum Gasteiger partial charge on any atom is 0.343 e. The van der Waals surface area contributed by atoms with Crippen molar-refractivity contribution in [3.63, 3.8) is 0 Å². The Kier molecular flexibility index (Phi) is 6.68. The van der Waals surface area contributed by atoms with Crippen molar-refractivity contribution in [1.82, 2.24) is 4.31 Å². The Balaban J connectivity index is 2.31. The lowest BCUT2D eigenvalue weighted by molar-refractivity contribution is -0.384. The number of esters is 1. The van der Waals surface area contributed by atoms with E-state index in [9.17, 15) is 23.3 Å². The molecule has 2 aromatic rings. The molecular weight excluding hydrogens is 440 g/mol. The third-order valence-electron chi connectivity index (χ3n) is 3.75. The van der Waals surface area contributed by atoms with Crippen LogP contribution in [-0.4, -0.2) is 36.7 Å². The first-order valence-corrected chi connectivity index (χ1v) is 10.2. The van der Waals surface area contributed by atoms with Crippen LogP contribution < -0.4 is 4.74 Å². The summed E-state index contributed by atoms with van der Waals surface area (Å²) in [6.07, 6.45) is 0. The lowest BCUT2D eigenvalue weighted by Crippen LogP contribution is -2.31. The molecule has 0 aromatic heterocycles. The molecule has 0 aliphatic carbocycles. The van der Waals surface area contributed by atoms with Gasteiger partial charge in [0.05, 0.1) is 15.4 Å². The van der Waals surface area contributed by atoms with Gasteiger partial charge in [-0.25, -0.2) is 13.2 Å². The van der Waals surface area contributed by atoms with Gasteiger partial charge in [0.25, 0.3) is 5.69 Å². The van der Waals surface area contributed by atoms with Gasteiger partial charge in [0.1, 0.15) is 5.75 Å². The number of rotatable bonds is 7. The van der Waals surface area contributed by atoms with Gasteiger partial charge < -0.3 is 4.74 Å². The standard InChI is InChI=1S/C17H17BrN2O6S/c1-3-19(4-2)27(24,25)16-11-12(5-10-15(16)18)17(21)26-14-8-6-13(7-9-14)20(22)23/h5-11H,3-4H2,1-2H3. The van der Waals surface area contributed by atoms with Gasteiger partial charge in [-0.05, 0) is 46.3 Å². The smallest absolute Gasteiger partial charge is 0.343 e. The SMILES string of the molecule is CCN(CC)S(=O)(=O)c1cc(C(=O)Oc2ccc([N+](=O)[O-])cc2)ccc1Br. The fourth-order valence-electron chi connectivity index (χ4n) is 2.33. The number of carbonyl (C=O) groups is 1.